The largest absolute Gasteiger partial charge is 0.394 e. The predicted octanol–water partition coefficient (Wildman–Crippen LogP) is 2.53. The molecule has 5 nitrogen and oxygen atoms in total. The van der Waals surface area contributed by atoms with Crippen molar-refractivity contribution >= 4 is 6.03 Å². The Bertz CT molecular complexity index is 339. The van der Waals surface area contributed by atoms with Gasteiger partial charge in [-0.25, -0.2) is 4.79 Å². The molecule has 0 aromatic heterocycles. The van der Waals surface area contributed by atoms with E-state index in [0.29, 0.717) is 18.4 Å². The van der Waals surface area contributed by atoms with E-state index in [4.69, 9.17) is 4.74 Å². The number of urea groups is 1. The average molecular weight is 314 g/mol. The molecule has 3 unspecified atom stereocenters. The van der Waals surface area contributed by atoms with E-state index in [2.05, 4.69) is 45.3 Å². The molecule has 130 valence electrons. The van der Waals surface area contributed by atoms with Crippen molar-refractivity contribution in [1.82, 2.24) is 10.6 Å². The van der Waals surface area contributed by atoms with Crippen molar-refractivity contribution in [3.05, 3.63) is 0 Å². The summed E-state index contributed by atoms with van der Waals surface area (Å²) in [5.74, 6) is 0.784. The fraction of sp³-hybridized carbons (Fsp3) is 0.941. The molecule has 1 aliphatic rings. The molecule has 0 spiro atoms. The van der Waals surface area contributed by atoms with Gasteiger partial charge in [0, 0.05) is 19.1 Å². The van der Waals surface area contributed by atoms with Gasteiger partial charge in [-0.2, -0.15) is 0 Å². The first-order chi connectivity index (χ1) is 10.2. The predicted molar refractivity (Wildman–Crippen MR) is 88.8 cm³/mol. The van der Waals surface area contributed by atoms with E-state index in [-0.39, 0.29) is 30.2 Å². The summed E-state index contributed by atoms with van der Waals surface area (Å²) in [5.41, 5.74) is 0.0779. The van der Waals surface area contributed by atoms with Crippen LogP contribution in [0, 0.1) is 17.3 Å². The number of amides is 2. The number of aliphatic hydroxyl groups excluding tert-OH is 1. The Labute approximate surface area is 135 Å². The monoisotopic (exact) mass is 314 g/mol. The van der Waals surface area contributed by atoms with Crippen molar-refractivity contribution in [2.45, 2.75) is 66.0 Å². The van der Waals surface area contributed by atoms with E-state index in [9.17, 15) is 9.90 Å². The molecule has 1 fully saturated rings. The summed E-state index contributed by atoms with van der Waals surface area (Å²) in [7, 11) is 0. The second-order valence-electron chi connectivity index (χ2n) is 7.92. The minimum atomic E-state index is -0.196. The highest BCUT2D eigenvalue weighted by molar-refractivity contribution is 5.74. The molecule has 0 aromatic rings. The molecular formula is C17H34N2O3. The normalized spacial score (nSPS) is 24.1. The number of rotatable bonds is 6. The van der Waals surface area contributed by atoms with E-state index in [1.54, 1.807) is 0 Å². The van der Waals surface area contributed by atoms with E-state index in [1.165, 1.54) is 0 Å². The fourth-order valence-electron chi connectivity index (χ4n) is 3.22. The number of ether oxygens (including phenoxy) is 1. The van der Waals surface area contributed by atoms with Gasteiger partial charge in [0.15, 0.2) is 0 Å². The van der Waals surface area contributed by atoms with Crippen LogP contribution in [0.1, 0.15) is 53.9 Å². The van der Waals surface area contributed by atoms with Crippen LogP contribution < -0.4 is 10.6 Å². The highest BCUT2D eigenvalue weighted by Gasteiger charge is 2.35. The molecule has 2 amide bonds. The topological polar surface area (TPSA) is 70.6 Å². The van der Waals surface area contributed by atoms with Crippen LogP contribution in [-0.2, 0) is 4.74 Å². The minimum Gasteiger partial charge on any atom is -0.394 e. The summed E-state index contributed by atoms with van der Waals surface area (Å²) in [4.78, 5) is 12.0. The van der Waals surface area contributed by atoms with E-state index in [1.807, 2.05) is 0 Å². The number of hydrogen-bond acceptors (Lipinski definition) is 3. The van der Waals surface area contributed by atoms with Crippen molar-refractivity contribution in [3.8, 4) is 0 Å². The number of hydrogen-bond donors (Lipinski definition) is 3. The summed E-state index contributed by atoms with van der Waals surface area (Å²) in [5, 5.41) is 15.1. The van der Waals surface area contributed by atoms with Crippen molar-refractivity contribution in [1.29, 1.82) is 0 Å². The zero-order valence-corrected chi connectivity index (χ0v) is 14.8. The lowest BCUT2D eigenvalue weighted by atomic mass is 9.78. The SMILES string of the molecule is CC(C)CC(CO)NC(=O)NCC1CCCOC1C(C)(C)C. The third kappa shape index (κ3) is 6.53. The van der Waals surface area contributed by atoms with Crippen LogP contribution in [-0.4, -0.2) is 43.0 Å². The number of nitrogens with one attached hydrogen (secondary N) is 2. The van der Waals surface area contributed by atoms with Crippen LogP contribution in [0.25, 0.3) is 0 Å². The lowest BCUT2D eigenvalue weighted by Crippen LogP contribution is -2.49. The summed E-state index contributed by atoms with van der Waals surface area (Å²) >= 11 is 0. The molecule has 1 aliphatic heterocycles. The Morgan fingerprint density at radius 1 is 1.36 bits per heavy atom. The second-order valence-corrected chi connectivity index (χ2v) is 7.92. The average Bonchev–Trinajstić information content (AvgIpc) is 2.43. The Morgan fingerprint density at radius 3 is 2.59 bits per heavy atom. The molecule has 5 heteroatoms. The van der Waals surface area contributed by atoms with Crippen LogP contribution in [0.2, 0.25) is 0 Å². The van der Waals surface area contributed by atoms with Crippen molar-refractivity contribution in [3.63, 3.8) is 0 Å². The van der Waals surface area contributed by atoms with Gasteiger partial charge < -0.3 is 20.5 Å². The molecular weight excluding hydrogens is 280 g/mol. The van der Waals surface area contributed by atoms with Crippen LogP contribution in [0.3, 0.4) is 0 Å². The van der Waals surface area contributed by atoms with Gasteiger partial charge in [-0.15, -0.1) is 0 Å². The molecule has 22 heavy (non-hydrogen) atoms. The van der Waals surface area contributed by atoms with Crippen molar-refractivity contribution in [2.24, 2.45) is 17.3 Å². The van der Waals surface area contributed by atoms with Gasteiger partial charge in [-0.05, 0) is 30.6 Å². The molecule has 0 bridgehead atoms. The summed E-state index contributed by atoms with van der Waals surface area (Å²) in [6.07, 6.45) is 3.08. The maximum absolute atomic E-state index is 12.0. The van der Waals surface area contributed by atoms with Gasteiger partial charge in [0.05, 0.1) is 18.8 Å². The molecule has 1 heterocycles. The zero-order chi connectivity index (χ0) is 16.8. The Hall–Kier alpha value is -0.810. The molecule has 0 aliphatic carbocycles. The summed E-state index contributed by atoms with van der Waals surface area (Å²) < 4.78 is 5.93. The van der Waals surface area contributed by atoms with Crippen molar-refractivity contribution < 1.29 is 14.6 Å². The second kappa shape index (κ2) is 8.73. The van der Waals surface area contributed by atoms with Gasteiger partial charge in [0.25, 0.3) is 0 Å². The van der Waals surface area contributed by atoms with Crippen LogP contribution in [0.15, 0.2) is 0 Å². The summed E-state index contributed by atoms with van der Waals surface area (Å²) in [6.45, 7) is 12.1. The lowest BCUT2D eigenvalue weighted by Gasteiger charge is -2.40. The van der Waals surface area contributed by atoms with Gasteiger partial charge in [-0.3, -0.25) is 0 Å². The van der Waals surface area contributed by atoms with Crippen LogP contribution in [0.5, 0.6) is 0 Å². The van der Waals surface area contributed by atoms with Gasteiger partial charge in [-0.1, -0.05) is 34.6 Å². The molecule has 3 atom stereocenters. The first kappa shape index (κ1) is 19.2. The quantitative estimate of drug-likeness (QED) is 0.705. The highest BCUT2D eigenvalue weighted by atomic mass is 16.5. The number of carbonyl (C=O) groups excluding carboxylic acids is 1. The molecule has 1 saturated heterocycles. The van der Waals surface area contributed by atoms with Crippen LogP contribution in [0.4, 0.5) is 4.79 Å². The van der Waals surface area contributed by atoms with E-state index < -0.39 is 0 Å². The van der Waals surface area contributed by atoms with E-state index >= 15 is 0 Å². The minimum absolute atomic E-state index is 0.0250. The maximum Gasteiger partial charge on any atom is 0.315 e. The number of aliphatic hydroxyl groups is 1. The zero-order valence-electron chi connectivity index (χ0n) is 14.8. The molecule has 0 radical (unpaired) electrons. The third-order valence-electron chi connectivity index (χ3n) is 4.13. The first-order valence-corrected chi connectivity index (χ1v) is 8.50. The highest BCUT2D eigenvalue weighted by Crippen LogP contribution is 2.33. The van der Waals surface area contributed by atoms with Crippen molar-refractivity contribution in [2.75, 3.05) is 19.8 Å². The van der Waals surface area contributed by atoms with Gasteiger partial charge >= 0.3 is 6.03 Å². The number of carbonyl (C=O) groups is 1. The Balaban J connectivity index is 2.44. The molecule has 0 saturated carbocycles. The summed E-state index contributed by atoms with van der Waals surface area (Å²) in [6, 6.07) is -0.376. The lowest BCUT2D eigenvalue weighted by molar-refractivity contribution is -0.0838. The Morgan fingerprint density at radius 2 is 2.05 bits per heavy atom. The smallest absolute Gasteiger partial charge is 0.315 e. The van der Waals surface area contributed by atoms with Gasteiger partial charge in [0.2, 0.25) is 0 Å². The first-order valence-electron chi connectivity index (χ1n) is 8.50. The van der Waals surface area contributed by atoms with E-state index in [0.717, 1.165) is 25.9 Å². The fourth-order valence-corrected chi connectivity index (χ4v) is 3.22. The molecule has 0 aromatic carbocycles. The molecule has 3 N–H and O–H groups in total. The van der Waals surface area contributed by atoms with Crippen LogP contribution >= 0.6 is 0 Å². The maximum atomic E-state index is 12.0. The third-order valence-corrected chi connectivity index (χ3v) is 4.13. The Kier molecular flexibility index (Phi) is 7.63. The standard InChI is InChI=1S/C17H34N2O3/c1-12(2)9-14(11-20)19-16(21)18-10-13-7-6-8-22-15(13)17(3,4)5/h12-15,20H,6-11H2,1-5H3,(H2,18,19,21). The van der Waals surface area contributed by atoms with Gasteiger partial charge in [0.1, 0.15) is 0 Å². The molecule has 1 rings (SSSR count).